The predicted molar refractivity (Wildman–Crippen MR) is 214 cm³/mol. The Bertz CT molecular complexity index is 1890. The van der Waals surface area contributed by atoms with Crippen molar-refractivity contribution in [2.75, 3.05) is 7.11 Å². The maximum Gasteiger partial charge on any atom is 0.126 e. The van der Waals surface area contributed by atoms with Gasteiger partial charge in [-0.2, -0.15) is 0 Å². The van der Waals surface area contributed by atoms with Crippen molar-refractivity contribution in [3.8, 4) is 16.9 Å². The number of methoxy groups -OCH3 is 1. The number of nitrogen functional groups attached to an aromatic ring is 1. The largest absolute Gasteiger partial charge is 0.496 e. The van der Waals surface area contributed by atoms with Crippen molar-refractivity contribution in [2.24, 2.45) is 16.5 Å². The number of nitrogens with one attached hydrogen (secondary N) is 1. The van der Waals surface area contributed by atoms with Gasteiger partial charge in [0, 0.05) is 23.2 Å². The van der Waals surface area contributed by atoms with E-state index in [1.54, 1.807) is 7.11 Å². The van der Waals surface area contributed by atoms with Gasteiger partial charge >= 0.3 is 0 Å². The lowest BCUT2D eigenvalue weighted by atomic mass is 10.0. The van der Waals surface area contributed by atoms with Gasteiger partial charge in [-0.1, -0.05) is 169 Å². The summed E-state index contributed by atoms with van der Waals surface area (Å²) in [6.45, 7) is 8.43. The summed E-state index contributed by atoms with van der Waals surface area (Å²) >= 11 is 0. The lowest BCUT2D eigenvalue weighted by Gasteiger charge is -2.08. The monoisotopic (exact) mass is 660 g/mol. The molecule has 0 bridgehead atoms. The molecule has 0 aliphatic carbocycles. The number of nitrogens with two attached hydrogens (primary N) is 2. The maximum atomic E-state index is 7.48. The number of aryl methyl sites for hydroxylation is 2. The molecule has 0 saturated heterocycles. The lowest BCUT2D eigenvalue weighted by Crippen LogP contribution is -2.10. The lowest BCUT2D eigenvalue weighted by molar-refractivity contribution is 0.416. The smallest absolute Gasteiger partial charge is 0.126 e. The Labute approximate surface area is 298 Å². The molecule has 0 aliphatic rings. The van der Waals surface area contributed by atoms with Gasteiger partial charge in [0.2, 0.25) is 0 Å². The highest BCUT2D eigenvalue weighted by molar-refractivity contribution is 5.95. The molecule has 0 aliphatic heterocycles. The van der Waals surface area contributed by atoms with Crippen molar-refractivity contribution in [1.29, 1.82) is 5.41 Å². The van der Waals surface area contributed by atoms with Crippen LogP contribution >= 0.6 is 0 Å². The van der Waals surface area contributed by atoms with Gasteiger partial charge in [0.1, 0.15) is 11.6 Å². The van der Waals surface area contributed by atoms with Gasteiger partial charge in [-0.3, -0.25) is 10.4 Å². The van der Waals surface area contributed by atoms with Gasteiger partial charge in [-0.15, -0.1) is 0 Å². The van der Waals surface area contributed by atoms with Crippen LogP contribution in [0.25, 0.3) is 16.8 Å². The van der Waals surface area contributed by atoms with E-state index in [2.05, 4.69) is 80.2 Å². The maximum absolute atomic E-state index is 7.48. The molecule has 5 heteroatoms. The molecule has 5 N–H and O–H groups in total. The Morgan fingerprint density at radius 2 is 1.18 bits per heavy atom. The summed E-state index contributed by atoms with van der Waals surface area (Å²) in [5.74, 6) is 0.972. The van der Waals surface area contributed by atoms with Crippen molar-refractivity contribution in [1.82, 2.24) is 0 Å². The van der Waals surface area contributed by atoms with E-state index < -0.39 is 0 Å². The third-order valence-electron chi connectivity index (χ3n) is 7.50. The van der Waals surface area contributed by atoms with E-state index in [0.717, 1.165) is 29.0 Å². The molecule has 0 spiro atoms. The van der Waals surface area contributed by atoms with Crippen LogP contribution in [0.15, 0.2) is 175 Å². The summed E-state index contributed by atoms with van der Waals surface area (Å²) in [6.07, 6.45) is 2.82. The predicted octanol–water partition coefficient (Wildman–Crippen LogP) is 10.1. The van der Waals surface area contributed by atoms with E-state index in [-0.39, 0.29) is 5.84 Å². The summed E-state index contributed by atoms with van der Waals surface area (Å²) in [4.78, 5) is 4.07. The standard InChI is InChI=1S/C17H17N3.C14H14O.C7H9N.C7H8/c1-20-16(11-10-13-6-3-2-4-7-13)14-8-5-9-15(12-14)17(18)19;1-11-7-9-12(10-8-11)13-5-3-4-6-14(13)15-2;8-6-7-4-2-1-3-5-7;1-7-5-3-2-4-6-7/h2-9,11-12H,1,10H2,(H3,18,19);3-10H,1-2H3;1-5H,6,8H2;2-6H,1H3/b16-11-;;;. The fourth-order valence-electron chi connectivity index (χ4n) is 4.71. The first kappa shape index (κ1) is 38.4. The van der Waals surface area contributed by atoms with E-state index >= 15 is 0 Å². The number of ether oxygens (including phenoxy) is 1. The summed E-state index contributed by atoms with van der Waals surface area (Å²) in [5, 5.41) is 7.48. The van der Waals surface area contributed by atoms with Gasteiger partial charge in [0.25, 0.3) is 0 Å². The van der Waals surface area contributed by atoms with Gasteiger partial charge in [0.05, 0.1) is 12.8 Å². The summed E-state index contributed by atoms with van der Waals surface area (Å²) < 4.78 is 5.33. The Morgan fingerprint density at radius 1 is 0.660 bits per heavy atom. The molecule has 0 saturated carbocycles. The van der Waals surface area contributed by atoms with E-state index in [1.807, 2.05) is 115 Å². The second-order valence-electron chi connectivity index (χ2n) is 11.3. The van der Waals surface area contributed by atoms with E-state index in [4.69, 9.17) is 21.6 Å². The minimum atomic E-state index is 0.0540. The number of allylic oxidation sites excluding steroid dienone is 1. The first-order chi connectivity index (χ1) is 24.3. The number of hydrogen-bond acceptors (Lipinski definition) is 4. The van der Waals surface area contributed by atoms with Crippen molar-refractivity contribution < 1.29 is 4.74 Å². The average molecular weight is 661 g/mol. The highest BCUT2D eigenvalue weighted by Gasteiger charge is 2.04. The minimum Gasteiger partial charge on any atom is -0.496 e. The molecule has 0 aromatic heterocycles. The number of rotatable bonds is 8. The normalized spacial score (nSPS) is 10.1. The number of nitrogens with zero attached hydrogens (tertiary/aromatic N) is 1. The molecule has 254 valence electrons. The van der Waals surface area contributed by atoms with E-state index in [0.29, 0.717) is 12.1 Å². The zero-order valence-corrected chi connectivity index (χ0v) is 29.3. The van der Waals surface area contributed by atoms with Crippen LogP contribution < -0.4 is 16.2 Å². The molecule has 0 fully saturated rings. The van der Waals surface area contributed by atoms with Crippen LogP contribution in [0.2, 0.25) is 0 Å². The van der Waals surface area contributed by atoms with E-state index in [1.165, 1.54) is 27.8 Å². The molecular weight excluding hydrogens is 613 g/mol. The summed E-state index contributed by atoms with van der Waals surface area (Å²) in [7, 11) is 1.70. The molecule has 6 aromatic carbocycles. The van der Waals surface area contributed by atoms with Crippen LogP contribution in [-0.2, 0) is 13.0 Å². The molecule has 0 amide bonds. The molecule has 0 radical (unpaired) electrons. The number of para-hydroxylation sites is 1. The third kappa shape index (κ3) is 13.6. The Balaban J connectivity index is 0.000000196. The average Bonchev–Trinajstić information content (AvgIpc) is 3.17. The van der Waals surface area contributed by atoms with Gasteiger partial charge in [-0.25, -0.2) is 0 Å². The fraction of sp³-hybridized carbons (Fsp3) is 0.111. The molecule has 0 unspecified atom stereocenters. The molecule has 0 heterocycles. The zero-order valence-electron chi connectivity index (χ0n) is 29.3. The summed E-state index contributed by atoms with van der Waals surface area (Å²) in [6, 6.07) is 54.4. The number of amidine groups is 1. The topological polar surface area (TPSA) is 97.5 Å². The highest BCUT2D eigenvalue weighted by Crippen LogP contribution is 2.29. The SMILES string of the molecule is C=N/C(=C\Cc1ccccc1)c1cccc(C(=N)N)c1.COc1ccccc1-c1ccc(C)cc1.Cc1ccccc1.NCc1ccccc1. The quantitative estimate of drug-likeness (QED) is 0.112. The van der Waals surface area contributed by atoms with Crippen molar-refractivity contribution in [3.05, 3.63) is 203 Å². The first-order valence-electron chi connectivity index (χ1n) is 16.5. The number of aliphatic imine (C=N–C) groups is 1. The van der Waals surface area contributed by atoms with Crippen LogP contribution in [0.4, 0.5) is 0 Å². The minimum absolute atomic E-state index is 0.0540. The zero-order chi connectivity index (χ0) is 36.0. The van der Waals surface area contributed by atoms with Gasteiger partial charge < -0.3 is 16.2 Å². The van der Waals surface area contributed by atoms with Gasteiger partial charge in [0.15, 0.2) is 0 Å². The highest BCUT2D eigenvalue weighted by atomic mass is 16.5. The van der Waals surface area contributed by atoms with Crippen molar-refractivity contribution in [3.63, 3.8) is 0 Å². The molecule has 5 nitrogen and oxygen atoms in total. The first-order valence-corrected chi connectivity index (χ1v) is 16.5. The van der Waals surface area contributed by atoms with Crippen LogP contribution in [0.5, 0.6) is 5.75 Å². The third-order valence-corrected chi connectivity index (χ3v) is 7.50. The van der Waals surface area contributed by atoms with Crippen LogP contribution in [-0.4, -0.2) is 19.7 Å². The van der Waals surface area contributed by atoms with Crippen LogP contribution in [0, 0.1) is 19.3 Å². The second kappa shape index (κ2) is 21.8. The van der Waals surface area contributed by atoms with Crippen molar-refractivity contribution >= 4 is 18.3 Å². The molecule has 6 rings (SSSR count). The van der Waals surface area contributed by atoms with Crippen molar-refractivity contribution in [2.45, 2.75) is 26.8 Å². The Hall–Kier alpha value is -6.04. The Morgan fingerprint density at radius 3 is 1.68 bits per heavy atom. The molecular formula is C45H48N4O. The Kier molecular flexibility index (Phi) is 16.7. The van der Waals surface area contributed by atoms with E-state index in [9.17, 15) is 0 Å². The van der Waals surface area contributed by atoms with Crippen LogP contribution in [0.3, 0.4) is 0 Å². The number of benzene rings is 6. The van der Waals surface area contributed by atoms with Gasteiger partial charge in [-0.05, 0) is 55.8 Å². The molecule has 0 atom stereocenters. The molecule has 50 heavy (non-hydrogen) atoms. The molecule has 6 aromatic rings. The van der Waals surface area contributed by atoms with Crippen LogP contribution in [0.1, 0.15) is 33.4 Å². The number of hydrogen-bond donors (Lipinski definition) is 3. The fourth-order valence-corrected chi connectivity index (χ4v) is 4.71. The summed E-state index contributed by atoms with van der Waals surface area (Å²) in [5.41, 5.74) is 20.6. The second-order valence-corrected chi connectivity index (χ2v) is 11.3.